The van der Waals surface area contributed by atoms with Crippen LogP contribution < -0.4 is 5.32 Å². The topological polar surface area (TPSA) is 40.5 Å². The maximum Gasteiger partial charge on any atom is 0.193 e. The van der Waals surface area contributed by atoms with Crippen molar-refractivity contribution in [3.8, 4) is 0 Å². The van der Waals surface area contributed by atoms with Crippen molar-refractivity contribution in [1.82, 2.24) is 15.2 Å². The molecule has 25 heavy (non-hydrogen) atoms. The highest BCUT2D eigenvalue weighted by Gasteiger charge is 2.15. The molecular formula is C20H25IN4. The second-order valence-corrected chi connectivity index (χ2v) is 5.88. The van der Waals surface area contributed by atoms with E-state index in [0.717, 1.165) is 38.4 Å². The minimum atomic E-state index is 0. The lowest BCUT2D eigenvalue weighted by Gasteiger charge is -2.29. The number of aliphatic imine (C=N–C) groups is 1. The molecule has 0 saturated carbocycles. The van der Waals surface area contributed by atoms with Crippen molar-refractivity contribution in [1.29, 1.82) is 0 Å². The van der Waals surface area contributed by atoms with Crippen molar-refractivity contribution >= 4 is 35.5 Å². The third kappa shape index (κ3) is 5.56. The Balaban J connectivity index is 0.00000225. The molecule has 2 heterocycles. The van der Waals surface area contributed by atoms with E-state index >= 15 is 0 Å². The average molecular weight is 448 g/mol. The van der Waals surface area contributed by atoms with Crippen LogP contribution in [0.1, 0.15) is 17.5 Å². The molecule has 132 valence electrons. The summed E-state index contributed by atoms with van der Waals surface area (Å²) in [5, 5.41) is 3.46. The molecule has 1 aliphatic heterocycles. The van der Waals surface area contributed by atoms with E-state index in [1.165, 1.54) is 16.7 Å². The van der Waals surface area contributed by atoms with Gasteiger partial charge in [-0.15, -0.1) is 24.0 Å². The third-order valence-corrected chi connectivity index (χ3v) is 4.28. The zero-order chi connectivity index (χ0) is 16.6. The molecule has 0 saturated heterocycles. The number of pyridine rings is 1. The van der Waals surface area contributed by atoms with Crippen molar-refractivity contribution in [2.24, 2.45) is 4.99 Å². The van der Waals surface area contributed by atoms with E-state index in [0.29, 0.717) is 0 Å². The summed E-state index contributed by atoms with van der Waals surface area (Å²) in [5.74, 6) is 0.974. The molecule has 5 heteroatoms. The van der Waals surface area contributed by atoms with Gasteiger partial charge < -0.3 is 10.2 Å². The summed E-state index contributed by atoms with van der Waals surface area (Å²) in [4.78, 5) is 10.9. The van der Waals surface area contributed by atoms with Crippen LogP contribution in [-0.4, -0.2) is 42.5 Å². The van der Waals surface area contributed by atoms with E-state index in [2.05, 4.69) is 62.7 Å². The van der Waals surface area contributed by atoms with Crippen LogP contribution in [0.15, 0.2) is 65.9 Å². The molecule has 1 aromatic carbocycles. The van der Waals surface area contributed by atoms with E-state index in [4.69, 9.17) is 0 Å². The van der Waals surface area contributed by atoms with Crippen molar-refractivity contribution in [2.45, 2.75) is 12.8 Å². The average Bonchev–Trinajstić information content (AvgIpc) is 2.67. The maximum absolute atomic E-state index is 4.43. The summed E-state index contributed by atoms with van der Waals surface area (Å²) in [5.41, 5.74) is 4.00. The standard InChI is InChI=1S/C20H24N4.HI/c1-21-20(23-13-9-17-6-5-12-22-16-17)24-14-10-19(11-15-24)18-7-3-2-4-8-18;/h2-8,10,12,16H,9,11,13-15H2,1H3,(H,21,23);1H. The van der Waals surface area contributed by atoms with E-state index < -0.39 is 0 Å². The molecule has 2 aromatic rings. The summed E-state index contributed by atoms with van der Waals surface area (Å²) in [7, 11) is 1.85. The van der Waals surface area contributed by atoms with Gasteiger partial charge in [0.1, 0.15) is 0 Å². The summed E-state index contributed by atoms with van der Waals surface area (Å²) in [6, 6.07) is 14.7. The smallest absolute Gasteiger partial charge is 0.193 e. The zero-order valence-electron chi connectivity index (χ0n) is 14.6. The third-order valence-electron chi connectivity index (χ3n) is 4.28. The summed E-state index contributed by atoms with van der Waals surface area (Å²) >= 11 is 0. The number of rotatable bonds is 4. The first-order valence-electron chi connectivity index (χ1n) is 8.46. The van der Waals surface area contributed by atoms with Gasteiger partial charge in [0.05, 0.1) is 0 Å². The first-order valence-corrected chi connectivity index (χ1v) is 8.46. The monoisotopic (exact) mass is 448 g/mol. The van der Waals surface area contributed by atoms with Crippen LogP contribution >= 0.6 is 24.0 Å². The number of halogens is 1. The molecule has 0 spiro atoms. The van der Waals surface area contributed by atoms with Crippen LogP contribution in [0, 0.1) is 0 Å². The number of guanidine groups is 1. The van der Waals surface area contributed by atoms with Crippen molar-refractivity contribution in [3.63, 3.8) is 0 Å². The Kier molecular flexibility index (Phi) is 7.91. The van der Waals surface area contributed by atoms with Crippen LogP contribution in [0.5, 0.6) is 0 Å². The fourth-order valence-electron chi connectivity index (χ4n) is 2.97. The van der Waals surface area contributed by atoms with Crippen LogP contribution in [0.2, 0.25) is 0 Å². The largest absolute Gasteiger partial charge is 0.356 e. The molecule has 3 rings (SSSR count). The van der Waals surface area contributed by atoms with Crippen LogP contribution in [0.4, 0.5) is 0 Å². The Morgan fingerprint density at radius 1 is 1.20 bits per heavy atom. The number of benzene rings is 1. The molecule has 1 N–H and O–H groups in total. The highest BCUT2D eigenvalue weighted by Crippen LogP contribution is 2.21. The Labute approximate surface area is 167 Å². The van der Waals surface area contributed by atoms with Crippen molar-refractivity contribution in [2.75, 3.05) is 26.7 Å². The highest BCUT2D eigenvalue weighted by molar-refractivity contribution is 14.0. The summed E-state index contributed by atoms with van der Waals surface area (Å²) < 4.78 is 0. The van der Waals surface area contributed by atoms with Crippen LogP contribution in [-0.2, 0) is 6.42 Å². The normalized spacial score (nSPS) is 14.5. The Morgan fingerprint density at radius 3 is 2.68 bits per heavy atom. The lowest BCUT2D eigenvalue weighted by molar-refractivity contribution is 0.440. The van der Waals surface area contributed by atoms with E-state index in [-0.39, 0.29) is 24.0 Å². The van der Waals surface area contributed by atoms with Gasteiger partial charge in [0.15, 0.2) is 5.96 Å². The van der Waals surface area contributed by atoms with Crippen LogP contribution in [0.3, 0.4) is 0 Å². The Morgan fingerprint density at radius 2 is 2.04 bits per heavy atom. The fourth-order valence-corrected chi connectivity index (χ4v) is 2.97. The minimum absolute atomic E-state index is 0. The Hall–Kier alpha value is -1.89. The SMILES string of the molecule is CN=C(NCCc1cccnc1)N1CC=C(c2ccccc2)CC1.I. The molecule has 0 aliphatic carbocycles. The van der Waals surface area contributed by atoms with Gasteiger partial charge in [0.2, 0.25) is 0 Å². The second kappa shape index (κ2) is 10.2. The van der Waals surface area contributed by atoms with Gasteiger partial charge in [-0.3, -0.25) is 9.98 Å². The van der Waals surface area contributed by atoms with Crippen LogP contribution in [0.25, 0.3) is 5.57 Å². The van der Waals surface area contributed by atoms with Gasteiger partial charge in [-0.25, -0.2) is 0 Å². The number of hydrogen-bond donors (Lipinski definition) is 1. The molecule has 1 aromatic heterocycles. The number of hydrogen-bond acceptors (Lipinski definition) is 2. The maximum atomic E-state index is 4.43. The van der Waals surface area contributed by atoms with Gasteiger partial charge in [0, 0.05) is 39.1 Å². The first kappa shape index (κ1) is 19.4. The first-order chi connectivity index (χ1) is 11.9. The van der Waals surface area contributed by atoms with E-state index in [9.17, 15) is 0 Å². The molecule has 0 unspecified atom stereocenters. The number of nitrogens with zero attached hydrogens (tertiary/aromatic N) is 3. The molecule has 4 nitrogen and oxygen atoms in total. The zero-order valence-corrected chi connectivity index (χ0v) is 16.9. The molecular weight excluding hydrogens is 423 g/mol. The van der Waals surface area contributed by atoms with Gasteiger partial charge >= 0.3 is 0 Å². The summed E-state index contributed by atoms with van der Waals surface area (Å²) in [6.07, 6.45) is 8.03. The summed E-state index contributed by atoms with van der Waals surface area (Å²) in [6.45, 7) is 2.76. The lowest BCUT2D eigenvalue weighted by Crippen LogP contribution is -2.44. The molecule has 0 radical (unpaired) electrons. The highest BCUT2D eigenvalue weighted by atomic mass is 127. The Bertz CT molecular complexity index is 698. The second-order valence-electron chi connectivity index (χ2n) is 5.88. The number of nitrogens with one attached hydrogen (secondary N) is 1. The van der Waals surface area contributed by atoms with Gasteiger partial charge in [-0.05, 0) is 35.6 Å². The van der Waals surface area contributed by atoms with Gasteiger partial charge in [0.25, 0.3) is 0 Å². The molecule has 1 aliphatic rings. The van der Waals surface area contributed by atoms with Gasteiger partial charge in [-0.1, -0.05) is 42.5 Å². The quantitative estimate of drug-likeness (QED) is 0.442. The van der Waals surface area contributed by atoms with E-state index in [1.807, 2.05) is 19.3 Å². The predicted molar refractivity (Wildman–Crippen MR) is 115 cm³/mol. The fraction of sp³-hybridized carbons (Fsp3) is 0.300. The minimum Gasteiger partial charge on any atom is -0.356 e. The molecule has 0 bridgehead atoms. The predicted octanol–water partition coefficient (Wildman–Crippen LogP) is 3.61. The van der Waals surface area contributed by atoms with Gasteiger partial charge in [-0.2, -0.15) is 0 Å². The molecule has 0 amide bonds. The van der Waals surface area contributed by atoms with E-state index in [1.54, 1.807) is 6.20 Å². The van der Waals surface area contributed by atoms with Crippen molar-refractivity contribution < 1.29 is 0 Å². The van der Waals surface area contributed by atoms with Crippen molar-refractivity contribution in [3.05, 3.63) is 72.1 Å². The molecule has 0 fully saturated rings. The lowest BCUT2D eigenvalue weighted by atomic mass is 10.00. The molecule has 0 atom stereocenters. The number of aromatic nitrogens is 1.